The highest BCUT2D eigenvalue weighted by atomic mass is 79.9. The van der Waals surface area contributed by atoms with Crippen LogP contribution in [0, 0.1) is 0 Å². The zero-order valence-corrected chi connectivity index (χ0v) is 17.3. The first kappa shape index (κ1) is 20.7. The van der Waals surface area contributed by atoms with Gasteiger partial charge in [-0.1, -0.05) is 0 Å². The minimum absolute atomic E-state index is 0.166. The highest BCUT2D eigenvalue weighted by Gasteiger charge is 2.11. The Labute approximate surface area is 175 Å². The third-order valence-electron chi connectivity index (χ3n) is 3.99. The molecule has 0 saturated carbocycles. The van der Waals surface area contributed by atoms with Gasteiger partial charge in [0, 0.05) is 19.3 Å². The minimum atomic E-state index is -0.407. The molecular weight excluding hydrogens is 442 g/mol. The number of amides is 1. The van der Waals surface area contributed by atoms with Crippen molar-refractivity contribution in [2.45, 2.75) is 19.6 Å². The molecule has 0 fully saturated rings. The number of ether oxygens (including phenoxy) is 2. The van der Waals surface area contributed by atoms with Crippen LogP contribution in [-0.2, 0) is 17.9 Å². The maximum Gasteiger partial charge on any atom is 0.337 e. The van der Waals surface area contributed by atoms with Crippen molar-refractivity contribution in [2.24, 2.45) is 0 Å². The van der Waals surface area contributed by atoms with E-state index in [0.717, 1.165) is 10.9 Å². The zero-order valence-electron chi connectivity index (χ0n) is 15.8. The number of aromatic nitrogens is 2. The lowest BCUT2D eigenvalue weighted by molar-refractivity contribution is 0.0600. The summed E-state index contributed by atoms with van der Waals surface area (Å²) in [6.07, 6.45) is 4.35. The maximum atomic E-state index is 12.2. The molecule has 0 radical (unpaired) electrons. The standard InChI is InChI=1S/C20H20BrN3O5/c1-27-20(26)14-3-5-16(6-4-14)28-13-17-7-8-18(29-17)19(25)22-9-2-10-24-12-15(21)11-23-24/h3-8,11-12H,2,9-10,13H2,1H3,(H,22,25). The highest BCUT2D eigenvalue weighted by Crippen LogP contribution is 2.16. The minimum Gasteiger partial charge on any atom is -0.486 e. The Kier molecular flexibility index (Phi) is 7.07. The fourth-order valence-corrected chi connectivity index (χ4v) is 2.86. The number of halogens is 1. The second-order valence-corrected chi connectivity index (χ2v) is 7.02. The van der Waals surface area contributed by atoms with E-state index in [4.69, 9.17) is 9.15 Å². The van der Waals surface area contributed by atoms with Gasteiger partial charge in [0.25, 0.3) is 5.91 Å². The molecule has 152 valence electrons. The van der Waals surface area contributed by atoms with Gasteiger partial charge in [0.15, 0.2) is 5.76 Å². The lowest BCUT2D eigenvalue weighted by Gasteiger charge is -2.05. The molecule has 3 aromatic rings. The molecule has 2 aromatic heterocycles. The average Bonchev–Trinajstić information content (AvgIpc) is 3.38. The van der Waals surface area contributed by atoms with Gasteiger partial charge in [0.2, 0.25) is 0 Å². The summed E-state index contributed by atoms with van der Waals surface area (Å²) in [6.45, 7) is 1.38. The van der Waals surface area contributed by atoms with Crippen molar-refractivity contribution >= 4 is 27.8 Å². The van der Waals surface area contributed by atoms with Crippen LogP contribution in [0.15, 0.2) is 57.7 Å². The number of benzene rings is 1. The van der Waals surface area contributed by atoms with Crippen molar-refractivity contribution in [3.05, 3.63) is 70.3 Å². The molecule has 0 spiro atoms. The van der Waals surface area contributed by atoms with Gasteiger partial charge in [-0.3, -0.25) is 9.48 Å². The third-order valence-corrected chi connectivity index (χ3v) is 4.40. The SMILES string of the molecule is COC(=O)c1ccc(OCc2ccc(C(=O)NCCCn3cc(Br)cn3)o2)cc1. The van der Waals surface area contributed by atoms with Gasteiger partial charge in [0.1, 0.15) is 18.1 Å². The quantitative estimate of drug-likeness (QED) is 0.387. The Morgan fingerprint density at radius 2 is 2.00 bits per heavy atom. The molecule has 1 amide bonds. The topological polar surface area (TPSA) is 95.6 Å². The van der Waals surface area contributed by atoms with Gasteiger partial charge in [-0.2, -0.15) is 5.10 Å². The van der Waals surface area contributed by atoms with Crippen LogP contribution in [0.5, 0.6) is 5.75 Å². The second-order valence-electron chi connectivity index (χ2n) is 6.10. The van der Waals surface area contributed by atoms with E-state index in [-0.39, 0.29) is 18.3 Å². The molecule has 3 rings (SSSR count). The first-order valence-corrected chi connectivity index (χ1v) is 9.70. The van der Waals surface area contributed by atoms with E-state index in [1.54, 1.807) is 47.3 Å². The van der Waals surface area contributed by atoms with E-state index >= 15 is 0 Å². The van der Waals surface area contributed by atoms with E-state index in [2.05, 4.69) is 31.1 Å². The molecule has 0 aliphatic rings. The van der Waals surface area contributed by atoms with Gasteiger partial charge in [-0.15, -0.1) is 0 Å². The van der Waals surface area contributed by atoms with E-state index in [0.29, 0.717) is 30.2 Å². The first-order chi connectivity index (χ1) is 14.0. The van der Waals surface area contributed by atoms with Gasteiger partial charge in [0.05, 0.1) is 23.3 Å². The summed E-state index contributed by atoms with van der Waals surface area (Å²) in [5.41, 5.74) is 0.442. The number of carbonyl (C=O) groups excluding carboxylic acids is 2. The Bertz CT molecular complexity index is 965. The molecule has 0 aliphatic carbocycles. The Morgan fingerprint density at radius 1 is 1.21 bits per heavy atom. The molecule has 1 aromatic carbocycles. The zero-order chi connectivity index (χ0) is 20.6. The van der Waals surface area contributed by atoms with Crippen molar-refractivity contribution in [1.82, 2.24) is 15.1 Å². The van der Waals surface area contributed by atoms with Crippen molar-refractivity contribution in [3.63, 3.8) is 0 Å². The van der Waals surface area contributed by atoms with Crippen LogP contribution in [0.1, 0.15) is 33.1 Å². The van der Waals surface area contributed by atoms with Crippen LogP contribution in [-0.4, -0.2) is 35.3 Å². The summed E-state index contributed by atoms with van der Waals surface area (Å²) >= 11 is 3.34. The van der Waals surface area contributed by atoms with Crippen LogP contribution in [0.2, 0.25) is 0 Å². The molecule has 29 heavy (non-hydrogen) atoms. The largest absolute Gasteiger partial charge is 0.486 e. The molecule has 0 saturated heterocycles. The molecule has 2 heterocycles. The Morgan fingerprint density at radius 3 is 2.69 bits per heavy atom. The summed E-state index contributed by atoms with van der Waals surface area (Å²) in [5.74, 6) is 0.640. The van der Waals surface area contributed by atoms with Gasteiger partial charge in [-0.05, 0) is 58.7 Å². The highest BCUT2D eigenvalue weighted by molar-refractivity contribution is 9.10. The van der Waals surface area contributed by atoms with Crippen molar-refractivity contribution in [3.8, 4) is 5.75 Å². The number of esters is 1. The summed E-state index contributed by atoms with van der Waals surface area (Å²) in [5, 5.41) is 6.97. The van der Waals surface area contributed by atoms with E-state index in [9.17, 15) is 9.59 Å². The van der Waals surface area contributed by atoms with E-state index in [1.807, 2.05) is 6.20 Å². The predicted octanol–water partition coefficient (Wildman–Crippen LogP) is 3.42. The van der Waals surface area contributed by atoms with Gasteiger partial charge in [-0.25, -0.2) is 4.79 Å². The summed E-state index contributed by atoms with van der Waals surface area (Å²) in [4.78, 5) is 23.6. The maximum absolute atomic E-state index is 12.2. The van der Waals surface area contributed by atoms with Crippen molar-refractivity contribution in [1.29, 1.82) is 0 Å². The normalized spacial score (nSPS) is 10.6. The second kappa shape index (κ2) is 9.92. The lowest BCUT2D eigenvalue weighted by atomic mass is 10.2. The monoisotopic (exact) mass is 461 g/mol. The first-order valence-electron chi connectivity index (χ1n) is 8.91. The average molecular weight is 462 g/mol. The number of rotatable bonds is 9. The van der Waals surface area contributed by atoms with Crippen LogP contribution in [0.4, 0.5) is 0 Å². The molecule has 0 bridgehead atoms. The number of hydrogen-bond donors (Lipinski definition) is 1. The molecule has 0 unspecified atom stereocenters. The number of carbonyl (C=O) groups is 2. The van der Waals surface area contributed by atoms with Gasteiger partial charge < -0.3 is 19.2 Å². The smallest absolute Gasteiger partial charge is 0.337 e. The molecule has 8 nitrogen and oxygen atoms in total. The fourth-order valence-electron chi connectivity index (χ4n) is 2.53. The summed E-state index contributed by atoms with van der Waals surface area (Å²) < 4.78 is 18.5. The number of methoxy groups -OCH3 is 1. The third kappa shape index (κ3) is 5.95. The summed E-state index contributed by atoms with van der Waals surface area (Å²) in [7, 11) is 1.33. The number of furan rings is 1. The van der Waals surface area contributed by atoms with Crippen molar-refractivity contribution < 1.29 is 23.5 Å². The van der Waals surface area contributed by atoms with Gasteiger partial charge >= 0.3 is 5.97 Å². The van der Waals surface area contributed by atoms with Crippen LogP contribution in [0.25, 0.3) is 0 Å². The number of hydrogen-bond acceptors (Lipinski definition) is 6. The fraction of sp³-hybridized carbons (Fsp3) is 0.250. The molecule has 0 atom stereocenters. The van der Waals surface area contributed by atoms with Crippen molar-refractivity contribution in [2.75, 3.05) is 13.7 Å². The predicted molar refractivity (Wildman–Crippen MR) is 108 cm³/mol. The Hall–Kier alpha value is -3.07. The van der Waals surface area contributed by atoms with Crippen LogP contribution >= 0.6 is 15.9 Å². The number of aryl methyl sites for hydroxylation is 1. The molecule has 9 heteroatoms. The van der Waals surface area contributed by atoms with Crippen LogP contribution in [0.3, 0.4) is 0 Å². The number of nitrogens with one attached hydrogen (secondary N) is 1. The summed E-state index contributed by atoms with van der Waals surface area (Å²) in [6, 6.07) is 9.87. The van der Waals surface area contributed by atoms with E-state index < -0.39 is 5.97 Å². The Balaban J connectivity index is 1.42. The molecule has 0 aliphatic heterocycles. The van der Waals surface area contributed by atoms with E-state index in [1.165, 1.54) is 7.11 Å². The van der Waals surface area contributed by atoms with Crippen LogP contribution < -0.4 is 10.1 Å². The number of nitrogens with zero attached hydrogens (tertiary/aromatic N) is 2. The molecular formula is C20H20BrN3O5. The molecule has 1 N–H and O–H groups in total. The lowest BCUT2D eigenvalue weighted by Crippen LogP contribution is -2.24.